The third kappa shape index (κ3) is 3.12. The van der Waals surface area contributed by atoms with Gasteiger partial charge in [0.15, 0.2) is 0 Å². The number of carbonyl (C=O) groups excluding carboxylic acids is 1. The van der Waals surface area contributed by atoms with Gasteiger partial charge in [-0.05, 0) is 18.9 Å². The Morgan fingerprint density at radius 3 is 2.86 bits per heavy atom. The van der Waals surface area contributed by atoms with Crippen molar-refractivity contribution in [3.8, 4) is 0 Å². The second-order valence-electron chi connectivity index (χ2n) is 3.62. The normalized spacial score (nSPS) is 31.5. The summed E-state index contributed by atoms with van der Waals surface area (Å²) in [5.74, 6) is -0.313. The molecule has 0 saturated carbocycles. The van der Waals surface area contributed by atoms with E-state index in [0.29, 0.717) is 19.3 Å². The van der Waals surface area contributed by atoms with Crippen molar-refractivity contribution in [2.24, 2.45) is 0 Å². The Kier molecular flexibility index (Phi) is 3.66. The fourth-order valence-electron chi connectivity index (χ4n) is 1.57. The Balaban J connectivity index is 2.50. The van der Waals surface area contributed by atoms with Crippen LogP contribution >= 0.6 is 0 Å². The smallest absolute Gasteiger partial charge is 0.303 e. The highest BCUT2D eigenvalue weighted by Crippen LogP contribution is 2.26. The van der Waals surface area contributed by atoms with E-state index in [4.69, 9.17) is 9.84 Å². The summed E-state index contributed by atoms with van der Waals surface area (Å²) in [6, 6.07) is 0. The molecule has 0 aromatic heterocycles. The van der Waals surface area contributed by atoms with E-state index in [1.165, 1.54) is 6.92 Å². The van der Waals surface area contributed by atoms with Crippen molar-refractivity contribution >= 4 is 5.97 Å². The fourth-order valence-corrected chi connectivity index (χ4v) is 1.57. The van der Waals surface area contributed by atoms with Crippen molar-refractivity contribution in [1.82, 2.24) is 0 Å². The lowest BCUT2D eigenvalue weighted by Crippen LogP contribution is -2.33. The molecule has 0 saturated heterocycles. The molecule has 0 radical (unpaired) electrons. The van der Waals surface area contributed by atoms with Crippen LogP contribution in [-0.2, 0) is 9.53 Å². The van der Waals surface area contributed by atoms with Crippen molar-refractivity contribution in [2.75, 3.05) is 6.61 Å². The minimum absolute atomic E-state index is 0.0426. The van der Waals surface area contributed by atoms with Crippen molar-refractivity contribution in [2.45, 2.75) is 37.9 Å². The molecule has 80 valence electrons. The van der Waals surface area contributed by atoms with Crippen LogP contribution in [0.25, 0.3) is 0 Å². The Labute approximate surface area is 83.2 Å². The first-order valence-electron chi connectivity index (χ1n) is 4.75. The van der Waals surface area contributed by atoms with Crippen LogP contribution in [0, 0.1) is 0 Å². The summed E-state index contributed by atoms with van der Waals surface area (Å²) in [4.78, 5) is 10.6. The molecule has 2 atom stereocenters. The van der Waals surface area contributed by atoms with Gasteiger partial charge >= 0.3 is 5.97 Å². The molecule has 0 aromatic carbocycles. The minimum Gasteiger partial charge on any atom is -0.458 e. The topological polar surface area (TPSA) is 66.8 Å². The highest BCUT2D eigenvalue weighted by atomic mass is 16.5. The summed E-state index contributed by atoms with van der Waals surface area (Å²) in [6.07, 6.45) is 4.51. The number of hydrogen-bond acceptors (Lipinski definition) is 4. The van der Waals surface area contributed by atoms with Gasteiger partial charge in [-0.15, -0.1) is 0 Å². The maximum Gasteiger partial charge on any atom is 0.303 e. The van der Waals surface area contributed by atoms with Crippen LogP contribution in [0.1, 0.15) is 26.2 Å². The lowest BCUT2D eigenvalue weighted by atomic mass is 9.87. The molecule has 2 N–H and O–H groups in total. The van der Waals surface area contributed by atoms with E-state index in [1.54, 1.807) is 12.2 Å². The molecule has 0 amide bonds. The van der Waals surface area contributed by atoms with Gasteiger partial charge in [0, 0.05) is 20.0 Å². The van der Waals surface area contributed by atoms with Gasteiger partial charge in [-0.1, -0.05) is 6.08 Å². The van der Waals surface area contributed by atoms with Crippen molar-refractivity contribution in [3.05, 3.63) is 12.2 Å². The van der Waals surface area contributed by atoms with Crippen LogP contribution in [0.5, 0.6) is 0 Å². The summed E-state index contributed by atoms with van der Waals surface area (Å²) in [5, 5.41) is 18.6. The zero-order valence-corrected chi connectivity index (χ0v) is 8.27. The lowest BCUT2D eigenvalue weighted by molar-refractivity contribution is -0.145. The van der Waals surface area contributed by atoms with Crippen LogP contribution in [0.3, 0.4) is 0 Å². The molecule has 1 rings (SSSR count). The molecule has 0 bridgehead atoms. The van der Waals surface area contributed by atoms with Crippen LogP contribution < -0.4 is 0 Å². The average Bonchev–Trinajstić information content (AvgIpc) is 2.09. The number of esters is 1. The third-order valence-electron chi connectivity index (χ3n) is 2.34. The van der Waals surface area contributed by atoms with Gasteiger partial charge in [-0.25, -0.2) is 0 Å². The molecular weight excluding hydrogens is 184 g/mol. The van der Waals surface area contributed by atoms with E-state index in [1.807, 2.05) is 0 Å². The Bertz CT molecular complexity index is 236. The van der Waals surface area contributed by atoms with Crippen LogP contribution in [0.15, 0.2) is 12.2 Å². The largest absolute Gasteiger partial charge is 0.458 e. The first-order chi connectivity index (χ1) is 6.56. The monoisotopic (exact) mass is 200 g/mol. The predicted molar refractivity (Wildman–Crippen MR) is 50.6 cm³/mol. The minimum atomic E-state index is -0.925. The Hall–Kier alpha value is -0.870. The van der Waals surface area contributed by atoms with E-state index >= 15 is 0 Å². The summed E-state index contributed by atoms with van der Waals surface area (Å²) in [5.41, 5.74) is -0.925. The van der Waals surface area contributed by atoms with E-state index in [-0.39, 0.29) is 18.7 Å². The quantitative estimate of drug-likeness (QED) is 0.510. The van der Waals surface area contributed by atoms with Crippen molar-refractivity contribution in [1.29, 1.82) is 0 Å². The number of hydrogen-bond donors (Lipinski definition) is 2. The highest BCUT2D eigenvalue weighted by Gasteiger charge is 2.28. The molecular formula is C10H16O4. The van der Waals surface area contributed by atoms with Crippen LogP contribution in [0.2, 0.25) is 0 Å². The summed E-state index contributed by atoms with van der Waals surface area (Å²) in [6.45, 7) is 1.32. The number of aliphatic hydroxyl groups excluding tert-OH is 1. The molecule has 14 heavy (non-hydrogen) atoms. The van der Waals surface area contributed by atoms with Gasteiger partial charge in [0.1, 0.15) is 6.10 Å². The molecule has 0 unspecified atom stereocenters. The zero-order valence-electron chi connectivity index (χ0n) is 8.27. The molecule has 1 aliphatic rings. The third-order valence-corrected chi connectivity index (χ3v) is 2.34. The second kappa shape index (κ2) is 4.57. The number of aliphatic hydroxyl groups is 2. The molecule has 4 nitrogen and oxygen atoms in total. The van der Waals surface area contributed by atoms with E-state index in [9.17, 15) is 9.90 Å². The van der Waals surface area contributed by atoms with Gasteiger partial charge in [-0.3, -0.25) is 4.79 Å². The maximum atomic E-state index is 10.6. The van der Waals surface area contributed by atoms with E-state index in [0.717, 1.165) is 0 Å². The van der Waals surface area contributed by atoms with Crippen LogP contribution in [0.4, 0.5) is 0 Å². The first-order valence-corrected chi connectivity index (χ1v) is 4.75. The number of rotatable bonds is 3. The maximum absolute atomic E-state index is 10.6. The second-order valence-corrected chi connectivity index (χ2v) is 3.62. The summed E-state index contributed by atoms with van der Waals surface area (Å²) < 4.78 is 4.96. The SMILES string of the molecule is CC(=O)O[C@@H]1C=C[C@@](O)(CCO)CC1. The number of ether oxygens (including phenoxy) is 1. The fraction of sp³-hybridized carbons (Fsp3) is 0.700. The summed E-state index contributed by atoms with van der Waals surface area (Å²) in [7, 11) is 0. The van der Waals surface area contributed by atoms with Gasteiger partial charge in [0.25, 0.3) is 0 Å². The van der Waals surface area contributed by atoms with Crippen LogP contribution in [-0.4, -0.2) is 34.5 Å². The van der Waals surface area contributed by atoms with Gasteiger partial charge in [0.2, 0.25) is 0 Å². The average molecular weight is 200 g/mol. The van der Waals surface area contributed by atoms with Crippen molar-refractivity contribution < 1.29 is 19.7 Å². The van der Waals surface area contributed by atoms with Gasteiger partial charge < -0.3 is 14.9 Å². The predicted octanol–water partition coefficient (Wildman–Crippen LogP) is 0.382. The zero-order chi connectivity index (χ0) is 10.6. The molecule has 4 heteroatoms. The standard InChI is InChI=1S/C10H16O4/c1-8(12)14-9-2-4-10(13,5-3-9)6-7-11/h2,4,9,11,13H,3,5-7H2,1H3/t9-,10+/m1/s1. The van der Waals surface area contributed by atoms with Gasteiger partial charge in [0.05, 0.1) is 5.60 Å². The molecule has 0 aromatic rings. The lowest BCUT2D eigenvalue weighted by Gasteiger charge is -2.29. The molecule has 0 fully saturated rings. The first kappa shape index (κ1) is 11.2. The molecule has 0 heterocycles. The molecule has 0 aliphatic heterocycles. The van der Waals surface area contributed by atoms with Gasteiger partial charge in [-0.2, -0.15) is 0 Å². The number of carbonyl (C=O) groups is 1. The molecule has 1 aliphatic carbocycles. The highest BCUT2D eigenvalue weighted by molar-refractivity contribution is 5.66. The Morgan fingerprint density at radius 2 is 2.43 bits per heavy atom. The summed E-state index contributed by atoms with van der Waals surface area (Å²) >= 11 is 0. The van der Waals surface area contributed by atoms with E-state index < -0.39 is 5.60 Å². The van der Waals surface area contributed by atoms with E-state index in [2.05, 4.69) is 0 Å². The Morgan fingerprint density at radius 1 is 1.71 bits per heavy atom. The van der Waals surface area contributed by atoms with Crippen molar-refractivity contribution in [3.63, 3.8) is 0 Å². The molecule has 0 spiro atoms.